The maximum absolute atomic E-state index is 6.14. The lowest BCUT2D eigenvalue weighted by atomic mass is 10.1. The first kappa shape index (κ1) is 16.2. The molecule has 0 spiro atoms. The van der Waals surface area contributed by atoms with E-state index in [2.05, 4.69) is 44.9 Å². The topological polar surface area (TPSA) is 62.7 Å². The fraction of sp³-hybridized carbons (Fsp3) is 0.167. The number of anilines is 3. The van der Waals surface area contributed by atoms with Gasteiger partial charge in [-0.05, 0) is 42.7 Å². The standard InChI is InChI=1S/C18H18ClN5/c1-12-5-3-4-6-14(12)10-20-18-23-17(11-21-24-18)22-15-8-7-13(2)16(19)9-15/h3-9,11H,10H2,1-2H3,(H2,20,22,23,24). The Labute approximate surface area is 146 Å². The number of aromatic nitrogens is 3. The summed E-state index contributed by atoms with van der Waals surface area (Å²) in [6.07, 6.45) is 1.58. The van der Waals surface area contributed by atoms with Crippen LogP contribution in [0.5, 0.6) is 0 Å². The van der Waals surface area contributed by atoms with Crippen molar-refractivity contribution in [2.24, 2.45) is 0 Å². The summed E-state index contributed by atoms with van der Waals surface area (Å²) in [5.74, 6) is 1.08. The third-order valence-corrected chi connectivity index (χ3v) is 4.11. The molecule has 0 atom stereocenters. The van der Waals surface area contributed by atoms with E-state index in [4.69, 9.17) is 11.6 Å². The molecule has 0 bridgehead atoms. The predicted molar refractivity (Wildman–Crippen MR) is 97.8 cm³/mol. The molecule has 1 aromatic heterocycles. The van der Waals surface area contributed by atoms with Crippen molar-refractivity contribution in [2.45, 2.75) is 20.4 Å². The van der Waals surface area contributed by atoms with Gasteiger partial charge >= 0.3 is 0 Å². The Balaban J connectivity index is 1.69. The van der Waals surface area contributed by atoms with Crippen LogP contribution >= 0.6 is 11.6 Å². The number of rotatable bonds is 5. The van der Waals surface area contributed by atoms with E-state index in [-0.39, 0.29) is 0 Å². The number of nitrogens with one attached hydrogen (secondary N) is 2. The third-order valence-electron chi connectivity index (χ3n) is 3.70. The quantitative estimate of drug-likeness (QED) is 0.716. The maximum atomic E-state index is 6.14. The van der Waals surface area contributed by atoms with Crippen LogP contribution in [-0.4, -0.2) is 15.2 Å². The summed E-state index contributed by atoms with van der Waals surface area (Å²) in [7, 11) is 0. The van der Waals surface area contributed by atoms with Gasteiger partial charge in [0.15, 0.2) is 5.82 Å². The number of hydrogen-bond acceptors (Lipinski definition) is 5. The minimum atomic E-state index is 0.474. The Morgan fingerprint density at radius 2 is 1.88 bits per heavy atom. The van der Waals surface area contributed by atoms with Crippen LogP contribution in [0.1, 0.15) is 16.7 Å². The van der Waals surface area contributed by atoms with E-state index in [1.165, 1.54) is 11.1 Å². The van der Waals surface area contributed by atoms with E-state index in [0.29, 0.717) is 23.3 Å². The summed E-state index contributed by atoms with van der Waals surface area (Å²) in [6, 6.07) is 14.0. The number of benzene rings is 2. The zero-order chi connectivity index (χ0) is 16.9. The van der Waals surface area contributed by atoms with Gasteiger partial charge in [0.1, 0.15) is 0 Å². The molecule has 5 nitrogen and oxygen atoms in total. The molecule has 2 N–H and O–H groups in total. The third kappa shape index (κ3) is 4.00. The van der Waals surface area contributed by atoms with Crippen LogP contribution < -0.4 is 10.6 Å². The summed E-state index contributed by atoms with van der Waals surface area (Å²) in [6.45, 7) is 4.69. The van der Waals surface area contributed by atoms with Crippen molar-refractivity contribution in [1.29, 1.82) is 0 Å². The Kier molecular flexibility index (Phi) is 4.91. The molecule has 2 aromatic carbocycles. The smallest absolute Gasteiger partial charge is 0.244 e. The summed E-state index contributed by atoms with van der Waals surface area (Å²) in [5, 5.41) is 15.1. The SMILES string of the molecule is Cc1ccc(Nc2cnnc(NCc3ccccc3C)n2)cc1Cl. The van der Waals surface area contributed by atoms with E-state index in [1.54, 1.807) is 6.20 Å². The molecule has 24 heavy (non-hydrogen) atoms. The first-order valence-corrected chi connectivity index (χ1v) is 8.01. The van der Waals surface area contributed by atoms with Gasteiger partial charge in [-0.15, -0.1) is 5.10 Å². The molecular formula is C18H18ClN5. The van der Waals surface area contributed by atoms with Crippen molar-refractivity contribution in [2.75, 3.05) is 10.6 Å². The second kappa shape index (κ2) is 7.27. The maximum Gasteiger partial charge on any atom is 0.244 e. The zero-order valence-electron chi connectivity index (χ0n) is 13.5. The lowest BCUT2D eigenvalue weighted by molar-refractivity contribution is 0.946. The van der Waals surface area contributed by atoms with E-state index in [9.17, 15) is 0 Å². The number of halogens is 1. The molecule has 3 aromatic rings. The van der Waals surface area contributed by atoms with Gasteiger partial charge in [-0.25, -0.2) is 0 Å². The van der Waals surface area contributed by atoms with Crippen molar-refractivity contribution in [3.63, 3.8) is 0 Å². The highest BCUT2D eigenvalue weighted by molar-refractivity contribution is 6.31. The number of nitrogens with zero attached hydrogens (tertiary/aromatic N) is 3. The lowest BCUT2D eigenvalue weighted by Gasteiger charge is -2.09. The average Bonchev–Trinajstić information content (AvgIpc) is 2.58. The molecule has 0 saturated heterocycles. The monoisotopic (exact) mass is 339 g/mol. The Morgan fingerprint density at radius 1 is 1.04 bits per heavy atom. The van der Waals surface area contributed by atoms with Crippen LogP contribution in [-0.2, 0) is 6.54 Å². The van der Waals surface area contributed by atoms with Crippen molar-refractivity contribution in [1.82, 2.24) is 15.2 Å². The van der Waals surface area contributed by atoms with Gasteiger partial charge in [0.25, 0.3) is 0 Å². The van der Waals surface area contributed by atoms with Crippen LogP contribution in [0.4, 0.5) is 17.5 Å². The molecule has 6 heteroatoms. The highest BCUT2D eigenvalue weighted by atomic mass is 35.5. The van der Waals surface area contributed by atoms with Crippen LogP contribution in [0.2, 0.25) is 5.02 Å². The summed E-state index contributed by atoms with van der Waals surface area (Å²) < 4.78 is 0. The molecule has 1 heterocycles. The molecule has 0 unspecified atom stereocenters. The van der Waals surface area contributed by atoms with Crippen LogP contribution in [0.15, 0.2) is 48.7 Å². The Bertz CT molecular complexity index is 850. The molecule has 122 valence electrons. The summed E-state index contributed by atoms with van der Waals surface area (Å²) in [5.41, 5.74) is 4.31. The van der Waals surface area contributed by atoms with Crippen molar-refractivity contribution in [3.8, 4) is 0 Å². The van der Waals surface area contributed by atoms with Gasteiger partial charge in [-0.2, -0.15) is 10.1 Å². The van der Waals surface area contributed by atoms with Crippen LogP contribution in [0.25, 0.3) is 0 Å². The fourth-order valence-electron chi connectivity index (χ4n) is 2.24. The highest BCUT2D eigenvalue weighted by Crippen LogP contribution is 2.22. The molecule has 0 aliphatic carbocycles. The van der Waals surface area contributed by atoms with Gasteiger partial charge in [0.05, 0.1) is 6.20 Å². The van der Waals surface area contributed by atoms with Crippen LogP contribution in [0, 0.1) is 13.8 Å². The Morgan fingerprint density at radius 3 is 2.67 bits per heavy atom. The Hall–Kier alpha value is -2.66. The second-order valence-electron chi connectivity index (χ2n) is 5.53. The molecular weight excluding hydrogens is 322 g/mol. The van der Waals surface area contributed by atoms with Crippen LogP contribution in [0.3, 0.4) is 0 Å². The fourth-order valence-corrected chi connectivity index (χ4v) is 2.42. The highest BCUT2D eigenvalue weighted by Gasteiger charge is 2.04. The second-order valence-corrected chi connectivity index (χ2v) is 5.94. The molecule has 0 saturated carbocycles. The van der Waals surface area contributed by atoms with E-state index in [1.807, 2.05) is 37.3 Å². The first-order chi connectivity index (χ1) is 11.6. The summed E-state index contributed by atoms with van der Waals surface area (Å²) in [4.78, 5) is 4.43. The van der Waals surface area contributed by atoms with Crippen molar-refractivity contribution < 1.29 is 0 Å². The van der Waals surface area contributed by atoms with Crippen molar-refractivity contribution in [3.05, 3.63) is 70.4 Å². The molecule has 0 radical (unpaired) electrons. The lowest BCUT2D eigenvalue weighted by Crippen LogP contribution is -2.07. The van der Waals surface area contributed by atoms with Gasteiger partial charge in [0, 0.05) is 17.3 Å². The minimum absolute atomic E-state index is 0.474. The average molecular weight is 340 g/mol. The first-order valence-electron chi connectivity index (χ1n) is 7.63. The number of aryl methyl sites for hydroxylation is 2. The molecule has 0 aliphatic rings. The van der Waals surface area contributed by atoms with E-state index >= 15 is 0 Å². The van der Waals surface area contributed by atoms with Gasteiger partial charge in [-0.3, -0.25) is 0 Å². The number of hydrogen-bond donors (Lipinski definition) is 2. The van der Waals surface area contributed by atoms with Gasteiger partial charge < -0.3 is 10.6 Å². The predicted octanol–water partition coefficient (Wildman–Crippen LogP) is 4.50. The molecule has 0 fully saturated rings. The summed E-state index contributed by atoms with van der Waals surface area (Å²) >= 11 is 6.14. The molecule has 0 aliphatic heterocycles. The van der Waals surface area contributed by atoms with Crippen molar-refractivity contribution >= 4 is 29.1 Å². The van der Waals surface area contributed by atoms with E-state index in [0.717, 1.165) is 11.3 Å². The minimum Gasteiger partial charge on any atom is -0.349 e. The van der Waals surface area contributed by atoms with Gasteiger partial charge in [-0.1, -0.05) is 41.9 Å². The normalized spacial score (nSPS) is 10.5. The molecule has 0 amide bonds. The zero-order valence-corrected chi connectivity index (χ0v) is 14.3. The van der Waals surface area contributed by atoms with E-state index < -0.39 is 0 Å². The van der Waals surface area contributed by atoms with Gasteiger partial charge in [0.2, 0.25) is 5.95 Å². The largest absolute Gasteiger partial charge is 0.349 e. The molecule has 3 rings (SSSR count).